The molecule has 2 amide bonds. The molecule has 3 rings (SSSR count). The average molecular weight is 409 g/mol. The molecule has 1 saturated heterocycles. The summed E-state index contributed by atoms with van der Waals surface area (Å²) in [6.07, 6.45) is 1.74. The van der Waals surface area contributed by atoms with E-state index >= 15 is 0 Å². The van der Waals surface area contributed by atoms with Crippen LogP contribution in [-0.2, 0) is 9.53 Å². The molecule has 0 radical (unpaired) electrons. The highest BCUT2D eigenvalue weighted by Gasteiger charge is 2.28. The Balaban J connectivity index is 1.44. The van der Waals surface area contributed by atoms with E-state index in [2.05, 4.69) is 15.5 Å². The molecule has 0 bridgehead atoms. The van der Waals surface area contributed by atoms with Gasteiger partial charge in [0.05, 0.1) is 0 Å². The van der Waals surface area contributed by atoms with Gasteiger partial charge >= 0.3 is 6.09 Å². The highest BCUT2D eigenvalue weighted by atomic mass is 32.1. The van der Waals surface area contributed by atoms with Gasteiger partial charge in [0.25, 0.3) is 0 Å². The molecule has 0 unspecified atom stereocenters. The van der Waals surface area contributed by atoms with Gasteiger partial charge in [-0.3, -0.25) is 4.79 Å². The number of carbonyl (C=O) groups excluding carboxylic acids is 2. The van der Waals surface area contributed by atoms with Crippen LogP contribution in [0, 0.1) is 5.92 Å². The van der Waals surface area contributed by atoms with Crippen LogP contribution in [0.25, 0.3) is 10.6 Å². The summed E-state index contributed by atoms with van der Waals surface area (Å²) in [7, 11) is 0. The maximum atomic E-state index is 12.3. The Morgan fingerprint density at radius 2 is 2.04 bits per heavy atom. The highest BCUT2D eigenvalue weighted by Crippen LogP contribution is 2.28. The van der Waals surface area contributed by atoms with E-state index in [1.807, 2.05) is 37.6 Å². The van der Waals surface area contributed by atoms with Crippen molar-refractivity contribution in [3.63, 3.8) is 0 Å². The predicted molar refractivity (Wildman–Crippen MR) is 107 cm³/mol. The molecule has 0 saturated carbocycles. The summed E-state index contributed by atoms with van der Waals surface area (Å²) in [5.74, 6) is 0.201. The third-order valence-electron chi connectivity index (χ3n) is 4.18. The van der Waals surface area contributed by atoms with E-state index in [9.17, 15) is 9.59 Å². The van der Waals surface area contributed by atoms with Gasteiger partial charge in [0, 0.05) is 30.5 Å². The van der Waals surface area contributed by atoms with Crippen molar-refractivity contribution in [2.24, 2.45) is 5.92 Å². The summed E-state index contributed by atoms with van der Waals surface area (Å²) in [6.45, 7) is 6.82. The summed E-state index contributed by atoms with van der Waals surface area (Å²) in [5, 5.41) is 16.3. The second-order valence-electron chi connectivity index (χ2n) is 7.59. The van der Waals surface area contributed by atoms with Gasteiger partial charge in [0.1, 0.15) is 10.6 Å². The smallest absolute Gasteiger partial charge is 0.410 e. The van der Waals surface area contributed by atoms with Crippen LogP contribution in [-0.4, -0.2) is 45.8 Å². The fourth-order valence-corrected chi connectivity index (χ4v) is 4.33. The Morgan fingerprint density at radius 1 is 1.30 bits per heavy atom. The summed E-state index contributed by atoms with van der Waals surface area (Å²) < 4.78 is 5.40. The molecule has 1 aliphatic rings. The van der Waals surface area contributed by atoms with Gasteiger partial charge in [0.2, 0.25) is 11.0 Å². The van der Waals surface area contributed by atoms with Crippen molar-refractivity contribution < 1.29 is 14.3 Å². The standard InChI is InChI=1S/C18H24N4O3S2/c1-18(2,3)25-17(24)22-7-4-12(5-8-22)10-14(23)19-16-21-20-15(27-16)13-6-9-26-11-13/h6,9,11-12H,4-5,7-8,10H2,1-3H3,(H,19,21,23). The lowest BCUT2D eigenvalue weighted by Gasteiger charge is -2.33. The Labute approximate surface area is 166 Å². The number of hydrogen-bond acceptors (Lipinski definition) is 7. The molecule has 2 aromatic rings. The molecule has 27 heavy (non-hydrogen) atoms. The van der Waals surface area contributed by atoms with Crippen molar-refractivity contribution in [1.82, 2.24) is 15.1 Å². The number of thiophene rings is 1. The topological polar surface area (TPSA) is 84.4 Å². The van der Waals surface area contributed by atoms with Crippen LogP contribution in [0.2, 0.25) is 0 Å². The number of amides is 2. The average Bonchev–Trinajstić information content (AvgIpc) is 3.25. The number of ether oxygens (including phenoxy) is 1. The van der Waals surface area contributed by atoms with Crippen LogP contribution >= 0.6 is 22.7 Å². The Bertz CT molecular complexity index is 775. The summed E-state index contributed by atoms with van der Waals surface area (Å²) in [6, 6.07) is 1.98. The van der Waals surface area contributed by atoms with Crippen LogP contribution in [0.3, 0.4) is 0 Å². The fourth-order valence-electron chi connectivity index (χ4n) is 2.86. The monoisotopic (exact) mass is 408 g/mol. The lowest BCUT2D eigenvalue weighted by Crippen LogP contribution is -2.42. The van der Waals surface area contributed by atoms with Crippen LogP contribution in [0.4, 0.5) is 9.93 Å². The summed E-state index contributed by atoms with van der Waals surface area (Å²) >= 11 is 2.97. The van der Waals surface area contributed by atoms with E-state index < -0.39 is 5.60 Å². The van der Waals surface area contributed by atoms with Crippen molar-refractivity contribution in [3.8, 4) is 10.6 Å². The van der Waals surface area contributed by atoms with Gasteiger partial charge in [-0.1, -0.05) is 11.3 Å². The van der Waals surface area contributed by atoms with E-state index in [1.165, 1.54) is 11.3 Å². The SMILES string of the molecule is CC(C)(C)OC(=O)N1CCC(CC(=O)Nc2nnc(-c3ccsc3)s2)CC1. The quantitative estimate of drug-likeness (QED) is 0.818. The van der Waals surface area contributed by atoms with Gasteiger partial charge in [-0.2, -0.15) is 11.3 Å². The van der Waals surface area contributed by atoms with E-state index in [1.54, 1.807) is 16.2 Å². The zero-order chi connectivity index (χ0) is 19.4. The maximum absolute atomic E-state index is 12.3. The van der Waals surface area contributed by atoms with Gasteiger partial charge in [-0.25, -0.2) is 4.79 Å². The lowest BCUT2D eigenvalue weighted by molar-refractivity contribution is -0.117. The molecule has 1 aliphatic heterocycles. The minimum atomic E-state index is -0.489. The molecule has 0 aromatic carbocycles. The molecule has 3 heterocycles. The first kappa shape index (κ1) is 19.8. The van der Waals surface area contributed by atoms with Crippen LogP contribution in [0.15, 0.2) is 16.8 Å². The van der Waals surface area contributed by atoms with E-state index in [0.717, 1.165) is 23.4 Å². The van der Waals surface area contributed by atoms with Crippen molar-refractivity contribution in [3.05, 3.63) is 16.8 Å². The predicted octanol–water partition coefficient (Wildman–Crippen LogP) is 4.24. The van der Waals surface area contributed by atoms with Gasteiger partial charge in [0.15, 0.2) is 0 Å². The second kappa shape index (κ2) is 8.35. The molecule has 146 valence electrons. The largest absolute Gasteiger partial charge is 0.444 e. The molecule has 1 N–H and O–H groups in total. The van der Waals surface area contributed by atoms with Gasteiger partial charge < -0.3 is 15.0 Å². The molecule has 2 aromatic heterocycles. The van der Waals surface area contributed by atoms with Gasteiger partial charge in [-0.05, 0) is 51.0 Å². The number of carbonyl (C=O) groups is 2. The first-order chi connectivity index (χ1) is 12.8. The number of aromatic nitrogens is 2. The molecular formula is C18H24N4O3S2. The Kier molecular flexibility index (Phi) is 6.11. The number of piperidine rings is 1. The number of hydrogen-bond donors (Lipinski definition) is 1. The van der Waals surface area contributed by atoms with E-state index in [4.69, 9.17) is 4.74 Å². The molecule has 0 spiro atoms. The maximum Gasteiger partial charge on any atom is 0.410 e. The molecule has 7 nitrogen and oxygen atoms in total. The van der Waals surface area contributed by atoms with E-state index in [-0.39, 0.29) is 17.9 Å². The van der Waals surface area contributed by atoms with Gasteiger partial charge in [-0.15, -0.1) is 10.2 Å². The molecule has 0 atom stereocenters. The Morgan fingerprint density at radius 3 is 2.67 bits per heavy atom. The van der Waals surface area contributed by atoms with Crippen molar-refractivity contribution >= 4 is 39.8 Å². The normalized spacial score (nSPS) is 15.6. The number of anilines is 1. The molecule has 0 aliphatic carbocycles. The lowest BCUT2D eigenvalue weighted by atomic mass is 9.93. The van der Waals surface area contributed by atoms with Crippen LogP contribution < -0.4 is 5.32 Å². The first-order valence-electron chi connectivity index (χ1n) is 8.94. The zero-order valence-electron chi connectivity index (χ0n) is 15.7. The number of likely N-dealkylation sites (tertiary alicyclic amines) is 1. The van der Waals surface area contributed by atoms with Crippen LogP contribution in [0.5, 0.6) is 0 Å². The minimum absolute atomic E-state index is 0.0567. The van der Waals surface area contributed by atoms with Crippen molar-refractivity contribution in [1.29, 1.82) is 0 Å². The van der Waals surface area contributed by atoms with Crippen molar-refractivity contribution in [2.75, 3.05) is 18.4 Å². The summed E-state index contributed by atoms with van der Waals surface area (Å²) in [5.41, 5.74) is 0.532. The zero-order valence-corrected chi connectivity index (χ0v) is 17.4. The minimum Gasteiger partial charge on any atom is -0.444 e. The summed E-state index contributed by atoms with van der Waals surface area (Å²) in [4.78, 5) is 26.1. The third-order valence-corrected chi connectivity index (χ3v) is 5.75. The molecule has 9 heteroatoms. The Hall–Kier alpha value is -2.00. The number of rotatable bonds is 4. The first-order valence-corrected chi connectivity index (χ1v) is 10.7. The molecule has 1 fully saturated rings. The third kappa shape index (κ3) is 5.74. The highest BCUT2D eigenvalue weighted by molar-refractivity contribution is 7.19. The fraction of sp³-hybridized carbons (Fsp3) is 0.556. The number of nitrogens with zero attached hydrogens (tertiary/aromatic N) is 3. The number of nitrogens with one attached hydrogen (secondary N) is 1. The second-order valence-corrected chi connectivity index (χ2v) is 9.35. The van der Waals surface area contributed by atoms with E-state index in [0.29, 0.717) is 24.6 Å². The molecular weight excluding hydrogens is 384 g/mol. The van der Waals surface area contributed by atoms with Crippen molar-refractivity contribution in [2.45, 2.75) is 45.6 Å². The van der Waals surface area contributed by atoms with Crippen LogP contribution in [0.1, 0.15) is 40.0 Å².